The van der Waals surface area contributed by atoms with E-state index in [-0.39, 0.29) is 11.7 Å². The van der Waals surface area contributed by atoms with Crippen LogP contribution in [-0.2, 0) is 6.42 Å². The number of carbonyl (C=O) groups is 1. The van der Waals surface area contributed by atoms with Crippen LogP contribution in [0.4, 0.5) is 10.1 Å². The molecule has 7 heteroatoms. The molecule has 0 bridgehead atoms. The monoisotopic (exact) mass is 394 g/mol. The third kappa shape index (κ3) is 3.26. The number of aromatic nitrogens is 3. The Morgan fingerprint density at radius 3 is 2.69 bits per heavy atom. The zero-order valence-corrected chi connectivity index (χ0v) is 16.9. The molecule has 1 aliphatic heterocycles. The molecule has 1 atom stereocenters. The van der Waals surface area contributed by atoms with Gasteiger partial charge in [0, 0.05) is 11.6 Å². The van der Waals surface area contributed by atoms with Gasteiger partial charge in [0.1, 0.15) is 11.5 Å². The van der Waals surface area contributed by atoms with Crippen molar-refractivity contribution in [3.05, 3.63) is 70.4 Å². The fraction of sp³-hybridized carbons (Fsp3) is 0.318. The molecule has 3 heterocycles. The number of carbonyl (C=O) groups excluding carboxylic acids is 1. The number of rotatable bonds is 5. The van der Waals surface area contributed by atoms with Crippen molar-refractivity contribution in [3.8, 4) is 5.88 Å². The molecule has 150 valence electrons. The molecule has 6 nitrogen and oxygen atoms in total. The molecule has 1 amide bonds. The molecule has 3 aromatic rings. The third-order valence-electron chi connectivity index (χ3n) is 5.18. The number of benzene rings is 1. The van der Waals surface area contributed by atoms with E-state index < -0.39 is 6.04 Å². The van der Waals surface area contributed by atoms with Crippen LogP contribution in [0.3, 0.4) is 0 Å². The molecule has 1 N–H and O–H groups in total. The van der Waals surface area contributed by atoms with E-state index in [0.29, 0.717) is 23.2 Å². The number of H-pyrrole nitrogens is 1. The van der Waals surface area contributed by atoms with Gasteiger partial charge in [0.15, 0.2) is 0 Å². The summed E-state index contributed by atoms with van der Waals surface area (Å²) in [5.74, 6) is 0.367. The molecule has 0 aliphatic carbocycles. The van der Waals surface area contributed by atoms with E-state index in [1.165, 1.54) is 12.1 Å². The number of nitrogens with zero attached hydrogens (tertiary/aromatic N) is 3. The fourth-order valence-electron chi connectivity index (χ4n) is 3.90. The van der Waals surface area contributed by atoms with Gasteiger partial charge in [-0.05, 0) is 48.6 Å². The summed E-state index contributed by atoms with van der Waals surface area (Å²) in [6.07, 6.45) is 2.36. The maximum Gasteiger partial charge on any atom is 0.277 e. The Morgan fingerprint density at radius 1 is 1.28 bits per heavy atom. The third-order valence-corrected chi connectivity index (χ3v) is 5.18. The van der Waals surface area contributed by atoms with Gasteiger partial charge >= 0.3 is 0 Å². The summed E-state index contributed by atoms with van der Waals surface area (Å²) in [7, 11) is 1.54. The number of nitrogens with one attached hydrogen (secondary N) is 1. The zero-order chi connectivity index (χ0) is 20.7. The fourth-order valence-corrected chi connectivity index (χ4v) is 3.90. The van der Waals surface area contributed by atoms with Crippen LogP contribution in [0.5, 0.6) is 5.88 Å². The van der Waals surface area contributed by atoms with Gasteiger partial charge in [-0.1, -0.05) is 19.9 Å². The Balaban J connectivity index is 1.89. The van der Waals surface area contributed by atoms with Crippen LogP contribution in [-0.4, -0.2) is 28.2 Å². The zero-order valence-electron chi connectivity index (χ0n) is 16.9. The Labute approximate surface area is 168 Å². The quantitative estimate of drug-likeness (QED) is 0.704. The normalized spacial score (nSPS) is 15.9. The molecule has 0 spiro atoms. The SMILES string of the molecule is COc1ccc(N2C(=O)c3[nH]nc(CC(C)C)c3C2c2ccc(F)cc2C)cn1. The van der Waals surface area contributed by atoms with E-state index >= 15 is 0 Å². The molecule has 29 heavy (non-hydrogen) atoms. The highest BCUT2D eigenvalue weighted by Crippen LogP contribution is 2.43. The number of halogens is 1. The molecule has 0 radical (unpaired) electrons. The number of methoxy groups -OCH3 is 1. The van der Waals surface area contributed by atoms with Crippen LogP contribution >= 0.6 is 0 Å². The maximum atomic E-state index is 13.8. The molecule has 1 aromatic carbocycles. The van der Waals surface area contributed by atoms with Gasteiger partial charge < -0.3 is 4.74 Å². The number of pyridine rings is 1. The highest BCUT2D eigenvalue weighted by molar-refractivity contribution is 6.10. The van der Waals surface area contributed by atoms with Crippen molar-refractivity contribution in [1.29, 1.82) is 0 Å². The number of hydrogen-bond acceptors (Lipinski definition) is 4. The van der Waals surface area contributed by atoms with E-state index in [4.69, 9.17) is 4.74 Å². The van der Waals surface area contributed by atoms with Gasteiger partial charge in [-0.25, -0.2) is 9.37 Å². The molecule has 0 fully saturated rings. The molecular weight excluding hydrogens is 371 g/mol. The summed E-state index contributed by atoms with van der Waals surface area (Å²) in [5.41, 5.74) is 4.48. The highest BCUT2D eigenvalue weighted by Gasteiger charge is 2.43. The summed E-state index contributed by atoms with van der Waals surface area (Å²) in [4.78, 5) is 19.3. The van der Waals surface area contributed by atoms with E-state index in [1.54, 1.807) is 36.4 Å². The van der Waals surface area contributed by atoms with Gasteiger partial charge in [0.2, 0.25) is 5.88 Å². The summed E-state index contributed by atoms with van der Waals surface area (Å²) in [6, 6.07) is 7.78. The van der Waals surface area contributed by atoms with Crippen molar-refractivity contribution in [2.75, 3.05) is 12.0 Å². The molecule has 0 saturated carbocycles. The number of ether oxygens (including phenoxy) is 1. The second-order valence-electron chi connectivity index (χ2n) is 7.69. The van der Waals surface area contributed by atoms with Crippen LogP contribution in [0, 0.1) is 18.7 Å². The Hall–Kier alpha value is -3.22. The molecule has 1 aliphatic rings. The summed E-state index contributed by atoms with van der Waals surface area (Å²) < 4.78 is 18.9. The van der Waals surface area contributed by atoms with Gasteiger partial charge in [-0.2, -0.15) is 5.10 Å². The van der Waals surface area contributed by atoms with Crippen LogP contribution in [0.25, 0.3) is 0 Å². The predicted molar refractivity (Wildman–Crippen MR) is 108 cm³/mol. The summed E-state index contributed by atoms with van der Waals surface area (Å²) in [6.45, 7) is 6.08. The van der Waals surface area contributed by atoms with Crippen LogP contribution < -0.4 is 9.64 Å². The first-order valence-corrected chi connectivity index (χ1v) is 9.57. The number of aromatic amines is 1. The largest absolute Gasteiger partial charge is 0.481 e. The first-order chi connectivity index (χ1) is 13.9. The van der Waals surface area contributed by atoms with Crippen molar-refractivity contribution in [2.45, 2.75) is 33.2 Å². The van der Waals surface area contributed by atoms with Gasteiger partial charge in [0.05, 0.1) is 30.7 Å². The van der Waals surface area contributed by atoms with E-state index in [1.807, 2.05) is 6.92 Å². The minimum atomic E-state index is -0.402. The predicted octanol–water partition coefficient (Wildman–Crippen LogP) is 4.21. The topological polar surface area (TPSA) is 71.1 Å². The Morgan fingerprint density at radius 2 is 2.07 bits per heavy atom. The molecule has 1 unspecified atom stereocenters. The van der Waals surface area contributed by atoms with Gasteiger partial charge in [-0.15, -0.1) is 0 Å². The van der Waals surface area contributed by atoms with Gasteiger partial charge in [-0.3, -0.25) is 14.8 Å². The summed E-state index contributed by atoms with van der Waals surface area (Å²) in [5, 5.41) is 7.36. The average molecular weight is 394 g/mol. The van der Waals surface area contributed by atoms with Crippen molar-refractivity contribution in [2.24, 2.45) is 5.92 Å². The number of amides is 1. The lowest BCUT2D eigenvalue weighted by Gasteiger charge is -2.27. The molecular formula is C22H23FN4O2. The number of fused-ring (bicyclic) bond motifs is 1. The lowest BCUT2D eigenvalue weighted by molar-refractivity contribution is 0.0988. The minimum absolute atomic E-state index is 0.178. The van der Waals surface area contributed by atoms with Crippen LogP contribution in [0.2, 0.25) is 0 Å². The second-order valence-corrected chi connectivity index (χ2v) is 7.69. The Kier molecular flexibility index (Phi) is 4.82. The van der Waals surface area contributed by atoms with Crippen molar-refractivity contribution in [1.82, 2.24) is 15.2 Å². The number of anilines is 1. The minimum Gasteiger partial charge on any atom is -0.481 e. The van der Waals surface area contributed by atoms with E-state index in [0.717, 1.165) is 28.8 Å². The Bertz CT molecular complexity index is 1060. The van der Waals surface area contributed by atoms with Crippen molar-refractivity contribution in [3.63, 3.8) is 0 Å². The molecule has 2 aromatic heterocycles. The highest BCUT2D eigenvalue weighted by atomic mass is 19.1. The number of aryl methyl sites for hydroxylation is 1. The van der Waals surface area contributed by atoms with Crippen LogP contribution in [0.1, 0.15) is 52.8 Å². The smallest absolute Gasteiger partial charge is 0.277 e. The lowest BCUT2D eigenvalue weighted by Crippen LogP contribution is -2.30. The van der Waals surface area contributed by atoms with Crippen molar-refractivity contribution >= 4 is 11.6 Å². The molecule has 0 saturated heterocycles. The maximum absolute atomic E-state index is 13.8. The standard InChI is InChI=1S/C22H23FN4O2/c1-12(2)9-17-19-20(26-25-17)22(28)27(15-6-8-18(29-4)24-11-15)21(19)16-7-5-14(23)10-13(16)3/h5-8,10-12,21H,9H2,1-4H3,(H,25,26). The van der Waals surface area contributed by atoms with E-state index in [2.05, 4.69) is 29.0 Å². The summed E-state index contributed by atoms with van der Waals surface area (Å²) >= 11 is 0. The first-order valence-electron chi connectivity index (χ1n) is 9.57. The second kappa shape index (κ2) is 7.31. The lowest BCUT2D eigenvalue weighted by atomic mass is 9.92. The van der Waals surface area contributed by atoms with Crippen LogP contribution in [0.15, 0.2) is 36.5 Å². The average Bonchev–Trinajstić information content (AvgIpc) is 3.21. The van der Waals surface area contributed by atoms with E-state index in [9.17, 15) is 9.18 Å². The van der Waals surface area contributed by atoms with Gasteiger partial charge in [0.25, 0.3) is 5.91 Å². The molecule has 4 rings (SSSR count). The first kappa shape index (κ1) is 19.1. The number of hydrogen-bond donors (Lipinski definition) is 1. The van der Waals surface area contributed by atoms with Crippen molar-refractivity contribution < 1.29 is 13.9 Å².